The van der Waals surface area contributed by atoms with Crippen molar-refractivity contribution < 1.29 is 9.84 Å². The van der Waals surface area contributed by atoms with Gasteiger partial charge in [0.1, 0.15) is 12.4 Å². The lowest BCUT2D eigenvalue weighted by Crippen LogP contribution is -2.02. The Morgan fingerprint density at radius 2 is 2.05 bits per heavy atom. The SMILES string of the molecule is CC(C)c1nc(CNc2ccc(OCCO)cc2)cs1. The van der Waals surface area contributed by atoms with Gasteiger partial charge in [-0.3, -0.25) is 0 Å². The molecule has 0 bridgehead atoms. The first-order chi connectivity index (χ1) is 9.69. The normalized spacial score (nSPS) is 10.8. The maximum Gasteiger partial charge on any atom is 0.119 e. The third-order valence-electron chi connectivity index (χ3n) is 2.75. The monoisotopic (exact) mass is 292 g/mol. The summed E-state index contributed by atoms with van der Waals surface area (Å²) in [7, 11) is 0. The second-order valence-corrected chi connectivity index (χ2v) is 5.67. The van der Waals surface area contributed by atoms with Crippen molar-refractivity contribution >= 4 is 17.0 Å². The number of anilines is 1. The minimum Gasteiger partial charge on any atom is -0.491 e. The van der Waals surface area contributed by atoms with Crippen molar-refractivity contribution in [1.82, 2.24) is 4.98 Å². The molecular weight excluding hydrogens is 272 g/mol. The average Bonchev–Trinajstić information content (AvgIpc) is 2.93. The minimum atomic E-state index is 0.0298. The summed E-state index contributed by atoms with van der Waals surface area (Å²) in [5.74, 6) is 1.25. The third kappa shape index (κ3) is 4.21. The molecule has 1 aromatic heterocycles. The summed E-state index contributed by atoms with van der Waals surface area (Å²) in [5.41, 5.74) is 2.10. The van der Waals surface area contributed by atoms with Gasteiger partial charge in [-0.05, 0) is 24.3 Å². The number of thiazole rings is 1. The zero-order valence-electron chi connectivity index (χ0n) is 11.8. The molecule has 0 spiro atoms. The molecule has 5 heteroatoms. The molecule has 20 heavy (non-hydrogen) atoms. The molecule has 0 aliphatic rings. The highest BCUT2D eigenvalue weighted by Gasteiger charge is 2.05. The molecule has 4 nitrogen and oxygen atoms in total. The van der Waals surface area contributed by atoms with Crippen LogP contribution in [0.15, 0.2) is 29.6 Å². The van der Waals surface area contributed by atoms with E-state index in [-0.39, 0.29) is 6.61 Å². The summed E-state index contributed by atoms with van der Waals surface area (Å²) < 4.78 is 5.31. The van der Waals surface area contributed by atoms with Crippen LogP contribution in [0, 0.1) is 0 Å². The summed E-state index contributed by atoms with van der Waals surface area (Å²) >= 11 is 1.71. The number of rotatable bonds is 7. The number of aliphatic hydroxyl groups excluding tert-OH is 1. The lowest BCUT2D eigenvalue weighted by Gasteiger charge is -2.07. The Morgan fingerprint density at radius 1 is 1.30 bits per heavy atom. The van der Waals surface area contributed by atoms with Gasteiger partial charge in [0.25, 0.3) is 0 Å². The van der Waals surface area contributed by atoms with Gasteiger partial charge in [-0.15, -0.1) is 11.3 Å². The summed E-state index contributed by atoms with van der Waals surface area (Å²) in [6.07, 6.45) is 0. The fourth-order valence-corrected chi connectivity index (χ4v) is 2.53. The number of benzene rings is 1. The van der Waals surface area contributed by atoms with Crippen molar-refractivity contribution in [2.24, 2.45) is 0 Å². The molecule has 0 fully saturated rings. The maximum atomic E-state index is 8.69. The Labute approximate surface area is 123 Å². The van der Waals surface area contributed by atoms with E-state index in [0.717, 1.165) is 23.7 Å². The fourth-order valence-electron chi connectivity index (χ4n) is 1.69. The number of ether oxygens (including phenoxy) is 1. The van der Waals surface area contributed by atoms with Gasteiger partial charge in [0.15, 0.2) is 0 Å². The molecule has 0 amide bonds. The zero-order valence-corrected chi connectivity index (χ0v) is 12.6. The molecule has 108 valence electrons. The second-order valence-electron chi connectivity index (χ2n) is 4.78. The van der Waals surface area contributed by atoms with E-state index in [2.05, 4.69) is 29.5 Å². The van der Waals surface area contributed by atoms with Crippen LogP contribution in [-0.2, 0) is 6.54 Å². The van der Waals surface area contributed by atoms with Crippen molar-refractivity contribution in [3.05, 3.63) is 40.3 Å². The second kappa shape index (κ2) is 7.26. The van der Waals surface area contributed by atoms with Crippen LogP contribution in [0.25, 0.3) is 0 Å². The lowest BCUT2D eigenvalue weighted by molar-refractivity contribution is 0.201. The van der Waals surface area contributed by atoms with Gasteiger partial charge in [-0.25, -0.2) is 4.98 Å². The van der Waals surface area contributed by atoms with E-state index in [1.54, 1.807) is 11.3 Å². The Balaban J connectivity index is 1.86. The highest BCUT2D eigenvalue weighted by atomic mass is 32.1. The molecule has 0 saturated carbocycles. The highest BCUT2D eigenvalue weighted by Crippen LogP contribution is 2.20. The Hall–Kier alpha value is -1.59. The quantitative estimate of drug-likeness (QED) is 0.822. The lowest BCUT2D eigenvalue weighted by atomic mass is 10.2. The van der Waals surface area contributed by atoms with E-state index >= 15 is 0 Å². The Kier molecular flexibility index (Phi) is 5.38. The van der Waals surface area contributed by atoms with E-state index in [9.17, 15) is 0 Å². The first kappa shape index (κ1) is 14.8. The van der Waals surface area contributed by atoms with Crippen LogP contribution in [0.5, 0.6) is 5.75 Å². The van der Waals surface area contributed by atoms with Crippen LogP contribution in [0.2, 0.25) is 0 Å². The van der Waals surface area contributed by atoms with E-state index in [0.29, 0.717) is 12.5 Å². The van der Waals surface area contributed by atoms with E-state index in [1.807, 2.05) is 24.3 Å². The number of aromatic nitrogens is 1. The zero-order chi connectivity index (χ0) is 14.4. The predicted molar refractivity (Wildman–Crippen MR) is 82.6 cm³/mol. The number of nitrogens with zero attached hydrogens (tertiary/aromatic N) is 1. The molecule has 2 N–H and O–H groups in total. The van der Waals surface area contributed by atoms with Gasteiger partial charge in [0.2, 0.25) is 0 Å². The standard InChI is InChI=1S/C15H20N2O2S/c1-11(2)15-17-13(10-20-15)9-16-12-3-5-14(6-4-12)19-8-7-18/h3-6,10-11,16,18H,7-9H2,1-2H3. The van der Waals surface area contributed by atoms with Crippen molar-refractivity contribution in [1.29, 1.82) is 0 Å². The molecule has 0 radical (unpaired) electrons. The van der Waals surface area contributed by atoms with E-state index in [1.165, 1.54) is 5.01 Å². The number of nitrogens with one attached hydrogen (secondary N) is 1. The van der Waals surface area contributed by atoms with Gasteiger partial charge >= 0.3 is 0 Å². The molecule has 1 heterocycles. The van der Waals surface area contributed by atoms with Crippen LogP contribution >= 0.6 is 11.3 Å². The van der Waals surface area contributed by atoms with Gasteiger partial charge in [0, 0.05) is 17.0 Å². The Morgan fingerprint density at radius 3 is 2.65 bits per heavy atom. The molecule has 0 aliphatic carbocycles. The van der Waals surface area contributed by atoms with Crippen molar-refractivity contribution in [2.75, 3.05) is 18.5 Å². The summed E-state index contributed by atoms with van der Waals surface area (Å²) in [6.45, 7) is 5.38. The van der Waals surface area contributed by atoms with Gasteiger partial charge in [0.05, 0.1) is 23.9 Å². The largest absolute Gasteiger partial charge is 0.491 e. The van der Waals surface area contributed by atoms with E-state index < -0.39 is 0 Å². The van der Waals surface area contributed by atoms with E-state index in [4.69, 9.17) is 9.84 Å². The highest BCUT2D eigenvalue weighted by molar-refractivity contribution is 7.09. The molecular formula is C15H20N2O2S. The van der Waals surface area contributed by atoms with Crippen LogP contribution in [0.3, 0.4) is 0 Å². The molecule has 0 aliphatic heterocycles. The van der Waals surface area contributed by atoms with Crippen molar-refractivity contribution in [3.63, 3.8) is 0 Å². The molecule has 2 aromatic rings. The fraction of sp³-hybridized carbons (Fsp3) is 0.400. The summed E-state index contributed by atoms with van der Waals surface area (Å²) in [6, 6.07) is 7.70. The smallest absolute Gasteiger partial charge is 0.119 e. The Bertz CT molecular complexity index is 523. The molecule has 2 rings (SSSR count). The number of hydrogen-bond acceptors (Lipinski definition) is 5. The first-order valence-electron chi connectivity index (χ1n) is 6.71. The summed E-state index contributed by atoms with van der Waals surface area (Å²) in [4.78, 5) is 4.59. The number of aliphatic hydroxyl groups is 1. The van der Waals surface area contributed by atoms with Crippen LogP contribution in [0.1, 0.15) is 30.5 Å². The van der Waals surface area contributed by atoms with Crippen LogP contribution < -0.4 is 10.1 Å². The van der Waals surface area contributed by atoms with Gasteiger partial charge in [-0.2, -0.15) is 0 Å². The molecule has 0 saturated heterocycles. The summed E-state index contributed by atoms with van der Waals surface area (Å²) in [5, 5.41) is 15.3. The van der Waals surface area contributed by atoms with Gasteiger partial charge < -0.3 is 15.2 Å². The molecule has 1 aromatic carbocycles. The maximum absolute atomic E-state index is 8.69. The third-order valence-corrected chi connectivity index (χ3v) is 3.95. The van der Waals surface area contributed by atoms with Gasteiger partial charge in [-0.1, -0.05) is 13.8 Å². The van der Waals surface area contributed by atoms with Crippen LogP contribution in [-0.4, -0.2) is 23.3 Å². The van der Waals surface area contributed by atoms with Crippen molar-refractivity contribution in [2.45, 2.75) is 26.3 Å². The van der Waals surface area contributed by atoms with Crippen LogP contribution in [0.4, 0.5) is 5.69 Å². The topological polar surface area (TPSA) is 54.4 Å². The van der Waals surface area contributed by atoms with Crippen molar-refractivity contribution in [3.8, 4) is 5.75 Å². The molecule has 0 atom stereocenters. The minimum absolute atomic E-state index is 0.0298. The number of hydrogen-bond donors (Lipinski definition) is 2. The average molecular weight is 292 g/mol. The predicted octanol–water partition coefficient (Wildman–Crippen LogP) is 3.25. The first-order valence-corrected chi connectivity index (χ1v) is 7.59. The molecule has 0 unspecified atom stereocenters.